The minimum absolute atomic E-state index is 0.215. The first-order valence-electron chi connectivity index (χ1n) is 11.1. The molecule has 2 amide bonds. The van der Waals surface area contributed by atoms with Crippen LogP contribution in [0.25, 0.3) is 10.9 Å². The number of aryl methyl sites for hydroxylation is 1. The molecule has 0 spiro atoms. The van der Waals surface area contributed by atoms with E-state index in [-0.39, 0.29) is 12.1 Å². The quantitative estimate of drug-likeness (QED) is 0.362. The molecule has 3 aromatic carbocycles. The molecule has 2 N–H and O–H groups in total. The molecule has 1 aromatic heterocycles. The Morgan fingerprint density at radius 1 is 1.06 bits per heavy atom. The van der Waals surface area contributed by atoms with E-state index in [1.54, 1.807) is 32.4 Å². The van der Waals surface area contributed by atoms with Gasteiger partial charge in [0, 0.05) is 28.2 Å². The van der Waals surface area contributed by atoms with Crippen LogP contribution in [0.4, 0.5) is 10.5 Å². The second-order valence-electron chi connectivity index (χ2n) is 8.46. The van der Waals surface area contributed by atoms with Crippen LogP contribution in [-0.2, 0) is 6.42 Å². The predicted molar refractivity (Wildman–Crippen MR) is 135 cm³/mol. The van der Waals surface area contributed by atoms with Crippen LogP contribution < -0.4 is 14.8 Å². The summed E-state index contributed by atoms with van der Waals surface area (Å²) < 4.78 is 10.9. The Kier molecular flexibility index (Phi) is 5.84. The third kappa shape index (κ3) is 3.94. The van der Waals surface area contributed by atoms with E-state index in [2.05, 4.69) is 47.6 Å². The number of carbonyl (C=O) groups excluding carboxylic acids is 1. The maximum absolute atomic E-state index is 13.6. The van der Waals surface area contributed by atoms with Crippen LogP contribution in [0.3, 0.4) is 0 Å². The van der Waals surface area contributed by atoms with Gasteiger partial charge in [-0.25, -0.2) is 4.79 Å². The number of amides is 2. The minimum atomic E-state index is -0.270. The van der Waals surface area contributed by atoms with Crippen molar-refractivity contribution in [1.29, 1.82) is 0 Å². The zero-order chi connectivity index (χ0) is 23.8. The van der Waals surface area contributed by atoms with Crippen molar-refractivity contribution in [2.24, 2.45) is 0 Å². The monoisotopic (exact) mass is 475 g/mol. The lowest BCUT2D eigenvalue weighted by Crippen LogP contribution is -2.43. The van der Waals surface area contributed by atoms with Crippen LogP contribution in [0, 0.1) is 6.92 Å². The molecule has 1 atom stereocenters. The number of ether oxygens (including phenoxy) is 2. The van der Waals surface area contributed by atoms with E-state index in [1.165, 1.54) is 11.1 Å². The summed E-state index contributed by atoms with van der Waals surface area (Å²) in [7, 11) is 3.24. The zero-order valence-corrected chi connectivity index (χ0v) is 20.1. The molecule has 1 unspecified atom stereocenters. The van der Waals surface area contributed by atoms with Crippen LogP contribution >= 0.6 is 11.6 Å². The molecule has 0 saturated carbocycles. The summed E-state index contributed by atoms with van der Waals surface area (Å²) in [5, 5.41) is 4.66. The smallest absolute Gasteiger partial charge is 0.322 e. The van der Waals surface area contributed by atoms with E-state index in [9.17, 15) is 4.79 Å². The standard InChI is InChI=1S/C27H26ClN3O3/c1-16-4-6-17(7-5-16)26-25-20(21-15-19(33-2)9-10-22(21)29-25)12-13-31(26)27(32)30-23-14-18(28)8-11-24(23)34-3/h4-11,14-15,26,29H,12-13H2,1-3H3,(H,30,32). The summed E-state index contributed by atoms with van der Waals surface area (Å²) >= 11 is 6.18. The van der Waals surface area contributed by atoms with Crippen LogP contribution in [0.15, 0.2) is 60.7 Å². The minimum Gasteiger partial charge on any atom is -0.497 e. The molecule has 0 aliphatic carbocycles. The average molecular weight is 476 g/mol. The summed E-state index contributed by atoms with van der Waals surface area (Å²) in [6.45, 7) is 2.62. The molecule has 7 heteroatoms. The van der Waals surface area contributed by atoms with Gasteiger partial charge in [0.05, 0.1) is 25.9 Å². The molecule has 6 nitrogen and oxygen atoms in total. The van der Waals surface area contributed by atoms with Gasteiger partial charge in [-0.3, -0.25) is 0 Å². The van der Waals surface area contributed by atoms with E-state index in [4.69, 9.17) is 21.1 Å². The summed E-state index contributed by atoms with van der Waals surface area (Å²) in [4.78, 5) is 19.1. The number of rotatable bonds is 4. The number of aromatic amines is 1. The first-order valence-corrected chi connectivity index (χ1v) is 11.5. The van der Waals surface area contributed by atoms with Crippen LogP contribution in [0.2, 0.25) is 5.02 Å². The normalized spacial score (nSPS) is 15.2. The maximum atomic E-state index is 13.6. The van der Waals surface area contributed by atoms with Crippen molar-refractivity contribution in [2.75, 3.05) is 26.1 Å². The van der Waals surface area contributed by atoms with E-state index >= 15 is 0 Å². The second kappa shape index (κ2) is 8.95. The molecule has 5 rings (SSSR count). The van der Waals surface area contributed by atoms with E-state index in [1.807, 2.05) is 17.0 Å². The van der Waals surface area contributed by atoms with Crippen molar-refractivity contribution in [3.05, 3.63) is 88.1 Å². The summed E-state index contributed by atoms with van der Waals surface area (Å²) in [5.74, 6) is 1.37. The fraction of sp³-hybridized carbons (Fsp3) is 0.222. The lowest BCUT2D eigenvalue weighted by molar-refractivity contribution is 0.193. The van der Waals surface area contributed by atoms with Crippen LogP contribution in [0.5, 0.6) is 11.5 Å². The Bertz CT molecular complexity index is 1360. The number of methoxy groups -OCH3 is 2. The number of urea groups is 1. The Morgan fingerprint density at radius 2 is 1.85 bits per heavy atom. The number of nitrogens with zero attached hydrogens (tertiary/aromatic N) is 1. The Hall–Kier alpha value is -3.64. The molecule has 174 valence electrons. The van der Waals surface area contributed by atoms with E-state index in [0.29, 0.717) is 23.0 Å². The number of nitrogens with one attached hydrogen (secondary N) is 2. The topological polar surface area (TPSA) is 66.6 Å². The molecule has 1 aliphatic rings. The fourth-order valence-corrected chi connectivity index (χ4v) is 4.85. The number of hydrogen-bond acceptors (Lipinski definition) is 3. The average Bonchev–Trinajstić information content (AvgIpc) is 3.22. The highest BCUT2D eigenvalue weighted by atomic mass is 35.5. The number of anilines is 1. The third-order valence-electron chi connectivity index (χ3n) is 6.39. The molecule has 1 aliphatic heterocycles. The van der Waals surface area contributed by atoms with Crippen LogP contribution in [0.1, 0.15) is 28.4 Å². The maximum Gasteiger partial charge on any atom is 0.322 e. The fourth-order valence-electron chi connectivity index (χ4n) is 4.67. The SMILES string of the molecule is COc1ccc2[nH]c3c(c2c1)CCN(C(=O)Nc1cc(Cl)ccc1OC)C3c1ccc(C)cc1. The van der Waals surface area contributed by atoms with Gasteiger partial charge in [-0.05, 0) is 60.9 Å². The van der Waals surface area contributed by atoms with Gasteiger partial charge >= 0.3 is 6.03 Å². The molecule has 0 bridgehead atoms. The first-order chi connectivity index (χ1) is 16.5. The number of benzene rings is 3. The Labute approximate surface area is 203 Å². The number of H-pyrrole nitrogens is 1. The van der Waals surface area contributed by atoms with E-state index < -0.39 is 0 Å². The summed E-state index contributed by atoms with van der Waals surface area (Å²) in [6.07, 6.45) is 0.727. The van der Waals surface area contributed by atoms with Crippen molar-refractivity contribution in [3.63, 3.8) is 0 Å². The van der Waals surface area contributed by atoms with Crippen molar-refractivity contribution in [1.82, 2.24) is 9.88 Å². The predicted octanol–water partition coefficient (Wildman–Crippen LogP) is 6.33. The highest BCUT2D eigenvalue weighted by molar-refractivity contribution is 6.31. The molecule has 34 heavy (non-hydrogen) atoms. The van der Waals surface area contributed by atoms with Gasteiger partial charge in [-0.15, -0.1) is 0 Å². The van der Waals surface area contributed by atoms with Gasteiger partial charge in [0.2, 0.25) is 0 Å². The first kappa shape index (κ1) is 22.2. The number of hydrogen-bond donors (Lipinski definition) is 2. The molecule has 0 saturated heterocycles. The number of aromatic nitrogens is 1. The zero-order valence-electron chi connectivity index (χ0n) is 19.3. The van der Waals surface area contributed by atoms with Gasteiger partial charge in [0.25, 0.3) is 0 Å². The molecular formula is C27H26ClN3O3. The van der Waals surface area contributed by atoms with Crippen LogP contribution in [-0.4, -0.2) is 36.7 Å². The number of halogens is 1. The Balaban J connectivity index is 1.58. The van der Waals surface area contributed by atoms with Crippen molar-refractivity contribution < 1.29 is 14.3 Å². The summed E-state index contributed by atoms with van der Waals surface area (Å²) in [5.41, 5.74) is 6.01. The summed E-state index contributed by atoms with van der Waals surface area (Å²) in [6, 6.07) is 19.0. The largest absolute Gasteiger partial charge is 0.497 e. The molecule has 4 aromatic rings. The highest BCUT2D eigenvalue weighted by Gasteiger charge is 2.35. The Morgan fingerprint density at radius 3 is 2.59 bits per heavy atom. The highest BCUT2D eigenvalue weighted by Crippen LogP contribution is 2.40. The molecule has 0 radical (unpaired) electrons. The van der Waals surface area contributed by atoms with Gasteiger partial charge in [0.15, 0.2) is 0 Å². The third-order valence-corrected chi connectivity index (χ3v) is 6.63. The number of carbonyl (C=O) groups is 1. The van der Waals surface area contributed by atoms with Gasteiger partial charge in [-0.2, -0.15) is 0 Å². The van der Waals surface area contributed by atoms with Crippen molar-refractivity contribution in [2.45, 2.75) is 19.4 Å². The van der Waals surface area contributed by atoms with Gasteiger partial charge < -0.3 is 24.7 Å². The van der Waals surface area contributed by atoms with Crippen molar-refractivity contribution >= 4 is 34.2 Å². The van der Waals surface area contributed by atoms with E-state index in [0.717, 1.165) is 34.3 Å². The molecule has 2 heterocycles. The van der Waals surface area contributed by atoms with Crippen molar-refractivity contribution in [3.8, 4) is 11.5 Å². The molecule has 0 fully saturated rings. The van der Waals surface area contributed by atoms with Gasteiger partial charge in [0.1, 0.15) is 11.5 Å². The number of fused-ring (bicyclic) bond motifs is 3. The molecular weight excluding hydrogens is 450 g/mol. The lowest BCUT2D eigenvalue weighted by atomic mass is 9.92. The lowest BCUT2D eigenvalue weighted by Gasteiger charge is -2.36. The second-order valence-corrected chi connectivity index (χ2v) is 8.90. The van der Waals surface area contributed by atoms with Gasteiger partial charge in [-0.1, -0.05) is 41.4 Å².